The van der Waals surface area contributed by atoms with Gasteiger partial charge in [-0.3, -0.25) is 9.78 Å². The van der Waals surface area contributed by atoms with E-state index in [1.165, 1.54) is 36.1 Å². The largest absolute Gasteiger partial charge is 0.350 e. The van der Waals surface area contributed by atoms with Gasteiger partial charge in [0.2, 0.25) is 0 Å². The van der Waals surface area contributed by atoms with Crippen LogP contribution in [0.5, 0.6) is 0 Å². The van der Waals surface area contributed by atoms with Gasteiger partial charge < -0.3 is 10.2 Å². The molecule has 1 amide bonds. The number of hydrogen-bond acceptors (Lipinski definition) is 5. The molecule has 1 N–H and O–H groups in total. The first-order chi connectivity index (χ1) is 12.5. The minimum atomic E-state index is -0.429. The van der Waals surface area contributed by atoms with E-state index in [1.54, 1.807) is 5.38 Å². The highest BCUT2D eigenvalue weighted by atomic mass is 32.1. The molecule has 26 heavy (non-hydrogen) atoms. The summed E-state index contributed by atoms with van der Waals surface area (Å²) in [6, 6.07) is 2.88. The van der Waals surface area contributed by atoms with Crippen LogP contribution in [0.1, 0.15) is 37.2 Å². The molecule has 140 valence electrons. The van der Waals surface area contributed by atoms with Crippen molar-refractivity contribution in [2.75, 3.05) is 26.2 Å². The number of amides is 1. The molecule has 1 aliphatic heterocycles. The maximum Gasteiger partial charge on any atom is 0.270 e. The predicted octanol–water partition coefficient (Wildman–Crippen LogP) is 3.44. The van der Waals surface area contributed by atoms with Gasteiger partial charge in [0.05, 0.1) is 0 Å². The second kappa shape index (κ2) is 8.68. The summed E-state index contributed by atoms with van der Waals surface area (Å²) in [5, 5.41) is 5.07. The van der Waals surface area contributed by atoms with Crippen LogP contribution in [-0.4, -0.2) is 47.0 Å². The molecule has 7 heteroatoms. The molecule has 0 radical (unpaired) electrons. The summed E-state index contributed by atoms with van der Waals surface area (Å²) < 4.78 is 13.8. The molecule has 0 aromatic carbocycles. The zero-order valence-corrected chi connectivity index (χ0v) is 16.1. The smallest absolute Gasteiger partial charge is 0.270 e. The molecular formula is C19H25FN4OS. The topological polar surface area (TPSA) is 58.1 Å². The molecule has 3 heterocycles. The van der Waals surface area contributed by atoms with Gasteiger partial charge >= 0.3 is 0 Å². The van der Waals surface area contributed by atoms with Crippen molar-refractivity contribution in [2.24, 2.45) is 11.8 Å². The molecular weight excluding hydrogens is 351 g/mol. The number of aromatic nitrogens is 2. The molecule has 5 nitrogen and oxygen atoms in total. The lowest BCUT2D eigenvalue weighted by atomic mass is 9.97. The van der Waals surface area contributed by atoms with Crippen molar-refractivity contribution >= 4 is 17.2 Å². The molecule has 1 aliphatic rings. The normalized spacial score (nSPS) is 18.2. The molecule has 2 aromatic rings. The number of rotatable bonds is 6. The van der Waals surface area contributed by atoms with Gasteiger partial charge in [-0.25, -0.2) is 9.37 Å². The number of carbonyl (C=O) groups is 1. The standard InChI is InChI=1S/C19H25FN4OS/c1-13(2)10-24-8-4-5-14(11-24)9-22-18(25)16-12-26-19(23-16)17-15(20)6-3-7-21-17/h3,6-7,12-14H,4-5,8-11H2,1-2H3,(H,22,25). The monoisotopic (exact) mass is 376 g/mol. The number of thiazole rings is 1. The predicted molar refractivity (Wildman–Crippen MR) is 102 cm³/mol. The molecule has 0 spiro atoms. The highest BCUT2D eigenvalue weighted by molar-refractivity contribution is 7.13. The number of likely N-dealkylation sites (tertiary alicyclic amines) is 1. The van der Waals surface area contributed by atoms with Gasteiger partial charge in [-0.1, -0.05) is 13.8 Å². The average molecular weight is 377 g/mol. The van der Waals surface area contributed by atoms with Crippen molar-refractivity contribution in [2.45, 2.75) is 26.7 Å². The van der Waals surface area contributed by atoms with E-state index in [0.717, 1.165) is 26.1 Å². The van der Waals surface area contributed by atoms with E-state index < -0.39 is 5.82 Å². The Morgan fingerprint density at radius 2 is 2.35 bits per heavy atom. The van der Waals surface area contributed by atoms with Crippen molar-refractivity contribution in [3.8, 4) is 10.7 Å². The minimum Gasteiger partial charge on any atom is -0.350 e. The summed E-state index contributed by atoms with van der Waals surface area (Å²) in [6.07, 6.45) is 3.83. The van der Waals surface area contributed by atoms with Crippen LogP contribution in [0.15, 0.2) is 23.7 Å². The van der Waals surface area contributed by atoms with E-state index in [2.05, 4.69) is 34.0 Å². The zero-order valence-electron chi connectivity index (χ0n) is 15.2. The van der Waals surface area contributed by atoms with Gasteiger partial charge in [-0.2, -0.15) is 0 Å². The molecule has 1 saturated heterocycles. The maximum atomic E-state index is 13.8. The average Bonchev–Trinajstić information content (AvgIpc) is 3.10. The molecule has 1 fully saturated rings. The number of pyridine rings is 1. The Bertz CT molecular complexity index is 749. The summed E-state index contributed by atoms with van der Waals surface area (Å²) in [7, 11) is 0. The Hall–Kier alpha value is -1.86. The number of hydrogen-bond donors (Lipinski definition) is 1. The molecule has 0 bridgehead atoms. The van der Waals surface area contributed by atoms with Gasteiger partial charge in [-0.15, -0.1) is 11.3 Å². The first-order valence-electron chi connectivity index (χ1n) is 9.10. The summed E-state index contributed by atoms with van der Waals surface area (Å²) in [4.78, 5) is 23.1. The maximum absolute atomic E-state index is 13.8. The Morgan fingerprint density at radius 1 is 1.50 bits per heavy atom. The van der Waals surface area contributed by atoms with Gasteiger partial charge in [0.25, 0.3) is 5.91 Å². The number of halogens is 1. The van der Waals surface area contributed by atoms with Crippen LogP contribution in [-0.2, 0) is 0 Å². The fourth-order valence-corrected chi connectivity index (χ4v) is 4.15. The molecule has 3 rings (SSSR count). The van der Waals surface area contributed by atoms with Crippen molar-refractivity contribution in [1.82, 2.24) is 20.2 Å². The second-order valence-corrected chi connectivity index (χ2v) is 8.10. The van der Waals surface area contributed by atoms with E-state index in [9.17, 15) is 9.18 Å². The van der Waals surface area contributed by atoms with Crippen molar-refractivity contribution in [3.63, 3.8) is 0 Å². The van der Waals surface area contributed by atoms with Crippen LogP contribution in [0.4, 0.5) is 4.39 Å². The second-order valence-electron chi connectivity index (χ2n) is 7.24. The fourth-order valence-electron chi connectivity index (χ4n) is 3.36. The van der Waals surface area contributed by atoms with Gasteiger partial charge in [0.15, 0.2) is 5.82 Å². The Balaban J connectivity index is 1.55. The third-order valence-electron chi connectivity index (χ3n) is 4.48. The van der Waals surface area contributed by atoms with Crippen LogP contribution < -0.4 is 5.32 Å². The Kier molecular flexibility index (Phi) is 6.32. The van der Waals surface area contributed by atoms with Gasteiger partial charge in [0.1, 0.15) is 16.4 Å². The highest BCUT2D eigenvalue weighted by Crippen LogP contribution is 2.24. The number of carbonyl (C=O) groups excluding carboxylic acids is 1. The lowest BCUT2D eigenvalue weighted by Gasteiger charge is -2.33. The molecule has 0 aliphatic carbocycles. The van der Waals surface area contributed by atoms with E-state index in [4.69, 9.17) is 0 Å². The summed E-state index contributed by atoms with van der Waals surface area (Å²) >= 11 is 1.23. The SMILES string of the molecule is CC(C)CN1CCCC(CNC(=O)c2csc(-c3ncccc3F)n2)C1. The van der Waals surface area contributed by atoms with Crippen molar-refractivity contribution < 1.29 is 9.18 Å². The summed E-state index contributed by atoms with van der Waals surface area (Å²) in [5.41, 5.74) is 0.512. The third-order valence-corrected chi connectivity index (χ3v) is 5.32. The van der Waals surface area contributed by atoms with Crippen LogP contribution in [0, 0.1) is 17.7 Å². The first kappa shape index (κ1) is 18.9. The molecule has 1 unspecified atom stereocenters. The van der Waals surface area contributed by atoms with E-state index in [0.29, 0.717) is 29.1 Å². The lowest BCUT2D eigenvalue weighted by Crippen LogP contribution is -2.42. The zero-order chi connectivity index (χ0) is 18.5. The van der Waals surface area contributed by atoms with Crippen LogP contribution in [0.3, 0.4) is 0 Å². The summed E-state index contributed by atoms with van der Waals surface area (Å²) in [5.74, 6) is 0.493. The van der Waals surface area contributed by atoms with Crippen molar-refractivity contribution in [1.29, 1.82) is 0 Å². The quantitative estimate of drug-likeness (QED) is 0.839. The van der Waals surface area contributed by atoms with Crippen LogP contribution in [0.2, 0.25) is 0 Å². The minimum absolute atomic E-state index is 0.188. The van der Waals surface area contributed by atoms with Gasteiger partial charge in [-0.05, 0) is 43.4 Å². The lowest BCUT2D eigenvalue weighted by molar-refractivity contribution is 0.0925. The number of nitrogens with one attached hydrogen (secondary N) is 1. The molecule has 1 atom stereocenters. The van der Waals surface area contributed by atoms with Crippen molar-refractivity contribution in [3.05, 3.63) is 35.2 Å². The van der Waals surface area contributed by atoms with E-state index >= 15 is 0 Å². The van der Waals surface area contributed by atoms with Crippen LogP contribution in [0.25, 0.3) is 10.7 Å². The number of nitrogens with zero attached hydrogens (tertiary/aromatic N) is 3. The highest BCUT2D eigenvalue weighted by Gasteiger charge is 2.22. The first-order valence-corrected chi connectivity index (χ1v) is 9.98. The van der Waals surface area contributed by atoms with E-state index in [-0.39, 0.29) is 11.6 Å². The molecule has 2 aromatic heterocycles. The summed E-state index contributed by atoms with van der Waals surface area (Å²) in [6.45, 7) is 8.40. The molecule has 0 saturated carbocycles. The van der Waals surface area contributed by atoms with Gasteiger partial charge in [0, 0.05) is 31.2 Å². The Morgan fingerprint density at radius 3 is 3.12 bits per heavy atom. The number of piperidine rings is 1. The Labute approximate surface area is 157 Å². The fraction of sp³-hybridized carbons (Fsp3) is 0.526. The third kappa shape index (κ3) is 4.86. The van der Waals surface area contributed by atoms with E-state index in [1.807, 2.05) is 0 Å². The van der Waals surface area contributed by atoms with Crippen LogP contribution >= 0.6 is 11.3 Å².